The summed E-state index contributed by atoms with van der Waals surface area (Å²) in [7, 11) is 0. The minimum absolute atomic E-state index is 0.763. The van der Waals surface area contributed by atoms with Gasteiger partial charge in [-0.1, -0.05) is 6.07 Å². The van der Waals surface area contributed by atoms with Gasteiger partial charge in [0, 0.05) is 0 Å². The van der Waals surface area contributed by atoms with Gasteiger partial charge in [-0.3, -0.25) is 0 Å². The molecule has 1 aliphatic rings. The predicted octanol–water partition coefficient (Wildman–Crippen LogP) is 2.18. The van der Waals surface area contributed by atoms with E-state index in [1.54, 1.807) is 0 Å². The predicted molar refractivity (Wildman–Crippen MR) is 45.0 cm³/mol. The van der Waals surface area contributed by atoms with Crippen molar-refractivity contribution in [1.82, 2.24) is 0 Å². The molecule has 0 aromatic heterocycles. The highest BCUT2D eigenvalue weighted by Crippen LogP contribution is 2.26. The van der Waals surface area contributed by atoms with Gasteiger partial charge in [0.15, 0.2) is 0 Å². The number of fused-ring (bicyclic) bond motifs is 1. The zero-order chi connectivity index (χ0) is 7.68. The molecule has 0 radical (unpaired) electrons. The molecule has 0 heterocycles. The van der Waals surface area contributed by atoms with Crippen molar-refractivity contribution in [1.29, 1.82) is 0 Å². The molecule has 1 aromatic carbocycles. The van der Waals surface area contributed by atoms with Crippen LogP contribution in [0.3, 0.4) is 0 Å². The van der Waals surface area contributed by atoms with E-state index in [1.807, 2.05) is 6.92 Å². The first-order valence-electron chi connectivity index (χ1n) is 4.15. The first-order chi connectivity index (χ1) is 5.40. The van der Waals surface area contributed by atoms with Crippen molar-refractivity contribution in [2.45, 2.75) is 19.8 Å². The number of benzene rings is 1. The van der Waals surface area contributed by atoms with Gasteiger partial charge in [-0.05, 0) is 43.0 Å². The minimum atomic E-state index is 0.763. The Hall–Kier alpha value is -0.980. The molecule has 1 nitrogen and oxygen atoms in total. The van der Waals surface area contributed by atoms with Crippen LogP contribution in [-0.2, 0) is 12.8 Å². The number of hydrogen-bond acceptors (Lipinski definition) is 1. The highest BCUT2D eigenvalue weighted by molar-refractivity contribution is 5.41. The molecule has 1 aliphatic carbocycles. The van der Waals surface area contributed by atoms with Gasteiger partial charge in [-0.2, -0.15) is 0 Å². The quantitative estimate of drug-likeness (QED) is 0.624. The Morgan fingerprint density at radius 3 is 2.64 bits per heavy atom. The Kier molecular flexibility index (Phi) is 1.57. The molecule has 0 aliphatic heterocycles. The van der Waals surface area contributed by atoms with E-state index in [0.29, 0.717) is 0 Å². The fourth-order valence-corrected chi connectivity index (χ4v) is 1.43. The fourth-order valence-electron chi connectivity index (χ4n) is 1.43. The van der Waals surface area contributed by atoms with Gasteiger partial charge < -0.3 is 4.74 Å². The van der Waals surface area contributed by atoms with Crippen LogP contribution in [0.1, 0.15) is 18.1 Å². The van der Waals surface area contributed by atoms with Crippen LogP contribution in [0.15, 0.2) is 18.2 Å². The average Bonchev–Trinajstić information content (AvgIpc) is 1.96. The van der Waals surface area contributed by atoms with Crippen LogP contribution in [0.25, 0.3) is 0 Å². The highest BCUT2D eigenvalue weighted by atomic mass is 16.5. The van der Waals surface area contributed by atoms with Gasteiger partial charge in [0.1, 0.15) is 5.75 Å². The average molecular weight is 148 g/mol. The number of hydrogen-bond donors (Lipinski definition) is 0. The van der Waals surface area contributed by atoms with Gasteiger partial charge >= 0.3 is 0 Å². The van der Waals surface area contributed by atoms with Gasteiger partial charge in [0.2, 0.25) is 0 Å². The van der Waals surface area contributed by atoms with Crippen molar-refractivity contribution in [3.05, 3.63) is 29.3 Å². The van der Waals surface area contributed by atoms with E-state index < -0.39 is 0 Å². The summed E-state index contributed by atoms with van der Waals surface area (Å²) in [6.07, 6.45) is 2.48. The van der Waals surface area contributed by atoms with Gasteiger partial charge in [0.05, 0.1) is 6.61 Å². The number of ether oxygens (including phenoxy) is 1. The second-order valence-electron chi connectivity index (χ2n) is 2.86. The van der Waals surface area contributed by atoms with Crippen molar-refractivity contribution < 1.29 is 4.74 Å². The third kappa shape index (κ3) is 1.11. The molecule has 0 unspecified atom stereocenters. The van der Waals surface area contributed by atoms with Gasteiger partial charge in [-0.15, -0.1) is 0 Å². The zero-order valence-electron chi connectivity index (χ0n) is 6.76. The molecular weight excluding hydrogens is 136 g/mol. The molecule has 0 saturated carbocycles. The lowest BCUT2D eigenvalue weighted by molar-refractivity contribution is 0.339. The molecule has 58 valence electrons. The Bertz CT molecular complexity index is 266. The monoisotopic (exact) mass is 148 g/mol. The van der Waals surface area contributed by atoms with Gasteiger partial charge in [-0.25, -0.2) is 0 Å². The summed E-state index contributed by atoms with van der Waals surface area (Å²) in [4.78, 5) is 0. The Balaban J connectivity index is 2.24. The second kappa shape index (κ2) is 2.57. The maximum absolute atomic E-state index is 5.38. The molecular formula is C10H12O. The summed E-state index contributed by atoms with van der Waals surface area (Å²) in [5.41, 5.74) is 2.96. The lowest BCUT2D eigenvalue weighted by Crippen LogP contribution is -2.07. The van der Waals surface area contributed by atoms with Crippen LogP contribution < -0.4 is 4.74 Å². The van der Waals surface area contributed by atoms with Crippen molar-refractivity contribution >= 4 is 0 Å². The lowest BCUT2D eigenvalue weighted by Gasteiger charge is -2.18. The van der Waals surface area contributed by atoms with Crippen molar-refractivity contribution in [3.63, 3.8) is 0 Å². The summed E-state index contributed by atoms with van der Waals surface area (Å²) in [5.74, 6) is 1.02. The minimum Gasteiger partial charge on any atom is -0.494 e. The summed E-state index contributed by atoms with van der Waals surface area (Å²) in [5, 5.41) is 0. The van der Waals surface area contributed by atoms with Crippen molar-refractivity contribution in [3.8, 4) is 5.75 Å². The molecule has 2 rings (SSSR count). The fraction of sp³-hybridized carbons (Fsp3) is 0.400. The first kappa shape index (κ1) is 6.71. The van der Waals surface area contributed by atoms with E-state index in [1.165, 1.54) is 24.0 Å². The highest BCUT2D eigenvalue weighted by Gasteiger charge is 2.12. The molecule has 11 heavy (non-hydrogen) atoms. The van der Waals surface area contributed by atoms with E-state index in [-0.39, 0.29) is 0 Å². The lowest BCUT2D eigenvalue weighted by atomic mass is 9.89. The Morgan fingerprint density at radius 2 is 2.09 bits per heavy atom. The normalized spacial score (nSPS) is 13.5. The molecule has 0 atom stereocenters. The van der Waals surface area contributed by atoms with E-state index in [4.69, 9.17) is 4.74 Å². The van der Waals surface area contributed by atoms with Crippen LogP contribution >= 0.6 is 0 Å². The topological polar surface area (TPSA) is 9.23 Å². The van der Waals surface area contributed by atoms with Crippen molar-refractivity contribution in [2.24, 2.45) is 0 Å². The Morgan fingerprint density at radius 1 is 1.27 bits per heavy atom. The second-order valence-corrected chi connectivity index (χ2v) is 2.86. The summed E-state index contributed by atoms with van der Waals surface area (Å²) >= 11 is 0. The molecule has 1 aromatic rings. The van der Waals surface area contributed by atoms with E-state index in [0.717, 1.165) is 12.4 Å². The molecule has 0 amide bonds. The van der Waals surface area contributed by atoms with E-state index in [2.05, 4.69) is 18.2 Å². The molecule has 0 bridgehead atoms. The summed E-state index contributed by atoms with van der Waals surface area (Å²) in [6, 6.07) is 6.38. The molecule has 0 spiro atoms. The largest absolute Gasteiger partial charge is 0.494 e. The molecule has 0 fully saturated rings. The van der Waals surface area contributed by atoms with Crippen LogP contribution in [0.5, 0.6) is 5.75 Å². The first-order valence-corrected chi connectivity index (χ1v) is 4.15. The van der Waals surface area contributed by atoms with Crippen LogP contribution in [0.4, 0.5) is 0 Å². The molecule has 0 N–H and O–H groups in total. The Labute approximate surface area is 67.0 Å². The smallest absolute Gasteiger partial charge is 0.119 e. The van der Waals surface area contributed by atoms with Crippen LogP contribution in [-0.4, -0.2) is 6.61 Å². The third-order valence-electron chi connectivity index (χ3n) is 2.15. The molecule has 1 heteroatoms. The maximum atomic E-state index is 5.38. The van der Waals surface area contributed by atoms with Crippen molar-refractivity contribution in [2.75, 3.05) is 6.61 Å². The van der Waals surface area contributed by atoms with Crippen LogP contribution in [0, 0.1) is 0 Å². The van der Waals surface area contributed by atoms with E-state index in [9.17, 15) is 0 Å². The standard InChI is InChI=1S/C10H12O/c1-2-11-10-6-5-8-3-4-9(8)7-10/h5-7H,2-4H2,1H3. The third-order valence-corrected chi connectivity index (χ3v) is 2.15. The van der Waals surface area contributed by atoms with Crippen LogP contribution in [0.2, 0.25) is 0 Å². The van der Waals surface area contributed by atoms with Gasteiger partial charge in [0.25, 0.3) is 0 Å². The summed E-state index contributed by atoms with van der Waals surface area (Å²) in [6.45, 7) is 2.78. The van der Waals surface area contributed by atoms with E-state index >= 15 is 0 Å². The zero-order valence-corrected chi connectivity index (χ0v) is 6.76. The summed E-state index contributed by atoms with van der Waals surface area (Å²) < 4.78 is 5.38. The number of aryl methyl sites for hydroxylation is 2. The maximum Gasteiger partial charge on any atom is 0.119 e. The molecule has 0 saturated heterocycles. The SMILES string of the molecule is CCOc1ccc2c(c1)CC2. The number of rotatable bonds is 2.